The van der Waals surface area contributed by atoms with Crippen molar-refractivity contribution in [2.75, 3.05) is 18.5 Å². The van der Waals surface area contributed by atoms with Crippen molar-refractivity contribution >= 4 is 22.5 Å². The standard InChI is InChI=1S/C27H24F3N3O5/c28-20-3-1-2-4-21(20)37-17-8-5-15(6-9-17)25(35)19-11-31-26-23(19)24(22(12-32-26)38-27(29)30)33-16-7-10-18(13-34)36-14-16/h1-6,8-9,11-12,16,18,27,34H,7,10,13-14H2,(H2,31,32,33)/t16-,18+/m1/s1. The summed E-state index contributed by atoms with van der Waals surface area (Å²) in [6.45, 7) is -2.97. The molecule has 38 heavy (non-hydrogen) atoms. The topological polar surface area (TPSA) is 106 Å². The molecule has 2 atom stereocenters. The molecule has 1 aliphatic rings. The molecule has 0 saturated carbocycles. The number of ether oxygens (including phenoxy) is 3. The first-order valence-electron chi connectivity index (χ1n) is 11.9. The van der Waals surface area contributed by atoms with Crippen LogP contribution in [0, 0.1) is 5.82 Å². The van der Waals surface area contributed by atoms with Crippen LogP contribution in [-0.4, -0.2) is 52.8 Å². The molecule has 1 aliphatic heterocycles. The molecule has 3 heterocycles. The van der Waals surface area contributed by atoms with Crippen LogP contribution in [0.3, 0.4) is 0 Å². The zero-order chi connectivity index (χ0) is 26.6. The number of aliphatic hydroxyl groups excluding tert-OH is 1. The third kappa shape index (κ3) is 5.43. The van der Waals surface area contributed by atoms with Crippen LogP contribution in [0.5, 0.6) is 17.2 Å². The Hall–Kier alpha value is -4.09. The Kier molecular flexibility index (Phi) is 7.47. The molecule has 0 spiro atoms. The monoisotopic (exact) mass is 527 g/mol. The summed E-state index contributed by atoms with van der Waals surface area (Å²) in [4.78, 5) is 20.6. The molecule has 0 bridgehead atoms. The van der Waals surface area contributed by atoms with Gasteiger partial charge in [0.2, 0.25) is 0 Å². The number of hydrogen-bond donors (Lipinski definition) is 3. The van der Waals surface area contributed by atoms with Crippen LogP contribution in [0.25, 0.3) is 11.0 Å². The molecule has 1 saturated heterocycles. The number of halogens is 3. The quantitative estimate of drug-likeness (QED) is 0.255. The van der Waals surface area contributed by atoms with Crippen LogP contribution < -0.4 is 14.8 Å². The molecule has 198 valence electrons. The highest BCUT2D eigenvalue weighted by Gasteiger charge is 2.26. The molecular formula is C27H24F3N3O5. The Morgan fingerprint density at radius 3 is 2.63 bits per heavy atom. The van der Waals surface area contributed by atoms with Crippen LogP contribution in [0.4, 0.5) is 18.9 Å². The van der Waals surface area contributed by atoms with E-state index in [1.54, 1.807) is 12.1 Å². The fourth-order valence-electron chi connectivity index (χ4n) is 4.34. The van der Waals surface area contributed by atoms with Gasteiger partial charge in [-0.15, -0.1) is 0 Å². The first kappa shape index (κ1) is 25.6. The van der Waals surface area contributed by atoms with Crippen molar-refractivity contribution in [2.24, 2.45) is 0 Å². The third-order valence-electron chi connectivity index (χ3n) is 6.23. The van der Waals surface area contributed by atoms with E-state index in [1.807, 2.05) is 0 Å². The zero-order valence-corrected chi connectivity index (χ0v) is 20.0. The Bertz CT molecular complexity index is 1420. The van der Waals surface area contributed by atoms with E-state index in [0.717, 1.165) is 6.20 Å². The molecule has 8 nitrogen and oxygen atoms in total. The Labute approximate surface area is 215 Å². The highest BCUT2D eigenvalue weighted by atomic mass is 19.3. The largest absolute Gasteiger partial charge is 0.454 e. The molecule has 0 radical (unpaired) electrons. The highest BCUT2D eigenvalue weighted by molar-refractivity contribution is 6.19. The van der Waals surface area contributed by atoms with Gasteiger partial charge in [0.05, 0.1) is 42.2 Å². The number of aliphatic hydroxyl groups is 1. The van der Waals surface area contributed by atoms with E-state index >= 15 is 0 Å². The van der Waals surface area contributed by atoms with Crippen molar-refractivity contribution in [3.63, 3.8) is 0 Å². The van der Waals surface area contributed by atoms with Crippen LogP contribution in [0.1, 0.15) is 28.8 Å². The van der Waals surface area contributed by atoms with Crippen LogP contribution >= 0.6 is 0 Å². The summed E-state index contributed by atoms with van der Waals surface area (Å²) in [7, 11) is 0. The number of para-hydroxylation sites is 1. The van der Waals surface area contributed by atoms with Crippen molar-refractivity contribution < 1.29 is 37.3 Å². The molecule has 4 aromatic rings. The van der Waals surface area contributed by atoms with Gasteiger partial charge in [-0.2, -0.15) is 8.78 Å². The number of anilines is 1. The number of aromatic nitrogens is 2. The van der Waals surface area contributed by atoms with E-state index in [9.17, 15) is 23.1 Å². The number of carbonyl (C=O) groups excluding carboxylic acids is 1. The second-order valence-corrected chi connectivity index (χ2v) is 8.74. The lowest BCUT2D eigenvalue weighted by molar-refractivity contribution is -0.0497. The van der Waals surface area contributed by atoms with Crippen molar-refractivity contribution in [3.05, 3.63) is 77.9 Å². The molecule has 2 aromatic heterocycles. The molecule has 11 heteroatoms. The van der Waals surface area contributed by atoms with Crippen LogP contribution in [0.2, 0.25) is 0 Å². The van der Waals surface area contributed by atoms with Crippen LogP contribution in [0.15, 0.2) is 60.9 Å². The molecule has 0 amide bonds. The molecule has 1 fully saturated rings. The Balaban J connectivity index is 1.45. The zero-order valence-electron chi connectivity index (χ0n) is 20.0. The van der Waals surface area contributed by atoms with E-state index < -0.39 is 18.2 Å². The smallest absolute Gasteiger partial charge is 0.387 e. The highest BCUT2D eigenvalue weighted by Crippen LogP contribution is 2.37. The first-order chi connectivity index (χ1) is 18.4. The number of nitrogens with zero attached hydrogens (tertiary/aromatic N) is 1. The Morgan fingerprint density at radius 1 is 1.16 bits per heavy atom. The number of hydrogen-bond acceptors (Lipinski definition) is 7. The maximum Gasteiger partial charge on any atom is 0.387 e. The van der Waals surface area contributed by atoms with Gasteiger partial charge in [0.1, 0.15) is 11.4 Å². The summed E-state index contributed by atoms with van der Waals surface area (Å²) in [6.07, 6.45) is 3.53. The Morgan fingerprint density at radius 2 is 1.95 bits per heavy atom. The lowest BCUT2D eigenvalue weighted by Crippen LogP contribution is -2.36. The number of carbonyl (C=O) groups is 1. The number of aromatic amines is 1. The number of alkyl halides is 2. The van der Waals surface area contributed by atoms with Crippen molar-refractivity contribution in [1.82, 2.24) is 9.97 Å². The molecule has 0 unspecified atom stereocenters. The first-order valence-corrected chi connectivity index (χ1v) is 11.9. The predicted molar refractivity (Wildman–Crippen MR) is 133 cm³/mol. The van der Waals surface area contributed by atoms with Crippen molar-refractivity contribution in [2.45, 2.75) is 31.6 Å². The summed E-state index contributed by atoms with van der Waals surface area (Å²) >= 11 is 0. The average Bonchev–Trinajstić information content (AvgIpc) is 3.36. The summed E-state index contributed by atoms with van der Waals surface area (Å²) in [6, 6.07) is 11.8. The van der Waals surface area contributed by atoms with E-state index in [-0.39, 0.29) is 48.1 Å². The molecular weight excluding hydrogens is 503 g/mol. The van der Waals surface area contributed by atoms with Gasteiger partial charge < -0.3 is 29.6 Å². The number of H-pyrrole nitrogens is 1. The van der Waals surface area contributed by atoms with Crippen molar-refractivity contribution in [1.29, 1.82) is 0 Å². The maximum atomic E-state index is 13.9. The van der Waals surface area contributed by atoms with Gasteiger partial charge in [0, 0.05) is 17.8 Å². The molecule has 3 N–H and O–H groups in total. The van der Waals surface area contributed by atoms with E-state index in [4.69, 9.17) is 14.2 Å². The fraction of sp³-hybridized carbons (Fsp3) is 0.259. The van der Waals surface area contributed by atoms with E-state index in [2.05, 4.69) is 15.3 Å². The van der Waals surface area contributed by atoms with Gasteiger partial charge >= 0.3 is 6.61 Å². The van der Waals surface area contributed by atoms with Gasteiger partial charge in [0.15, 0.2) is 23.1 Å². The predicted octanol–water partition coefficient (Wildman–Crippen LogP) is 5.28. The summed E-state index contributed by atoms with van der Waals surface area (Å²) in [5, 5.41) is 12.8. The minimum atomic E-state index is -3.10. The third-order valence-corrected chi connectivity index (χ3v) is 6.23. The maximum absolute atomic E-state index is 13.9. The van der Waals surface area contributed by atoms with E-state index in [1.165, 1.54) is 42.6 Å². The van der Waals surface area contributed by atoms with Gasteiger partial charge in [-0.1, -0.05) is 12.1 Å². The molecule has 5 rings (SSSR count). The number of ketones is 1. The average molecular weight is 527 g/mol. The number of fused-ring (bicyclic) bond motifs is 1. The summed E-state index contributed by atoms with van der Waals surface area (Å²) in [5.41, 5.74) is 0.990. The lowest BCUT2D eigenvalue weighted by Gasteiger charge is -2.30. The summed E-state index contributed by atoms with van der Waals surface area (Å²) in [5.74, 6) is -0.739. The van der Waals surface area contributed by atoms with Crippen LogP contribution in [-0.2, 0) is 4.74 Å². The molecule has 0 aliphatic carbocycles. The summed E-state index contributed by atoms with van der Waals surface area (Å²) < 4.78 is 56.2. The van der Waals surface area contributed by atoms with Gasteiger partial charge in [-0.25, -0.2) is 9.37 Å². The van der Waals surface area contributed by atoms with Gasteiger partial charge in [-0.05, 0) is 49.2 Å². The lowest BCUT2D eigenvalue weighted by atomic mass is 10.0. The SMILES string of the molecule is O=C(c1ccc(Oc2ccccc2F)cc1)c1c[nH]c2ncc(OC(F)F)c(N[C@@H]3CC[C@@H](CO)OC3)c12. The number of rotatable bonds is 9. The number of nitrogens with one attached hydrogen (secondary N) is 2. The van der Waals surface area contributed by atoms with E-state index in [0.29, 0.717) is 35.2 Å². The second kappa shape index (κ2) is 11.1. The fourth-order valence-corrected chi connectivity index (χ4v) is 4.34. The van der Waals surface area contributed by atoms with Gasteiger partial charge in [0.25, 0.3) is 0 Å². The number of benzene rings is 2. The number of pyridine rings is 1. The normalized spacial score (nSPS) is 17.5. The van der Waals surface area contributed by atoms with Gasteiger partial charge in [-0.3, -0.25) is 4.79 Å². The minimum absolute atomic E-state index is 0.0496. The minimum Gasteiger partial charge on any atom is -0.454 e. The molecule has 2 aromatic carbocycles. The van der Waals surface area contributed by atoms with Crippen molar-refractivity contribution in [3.8, 4) is 17.2 Å². The second-order valence-electron chi connectivity index (χ2n) is 8.74.